The normalized spacial score (nSPS) is 11.0. The van der Waals surface area contributed by atoms with Crippen LogP contribution in [0.15, 0.2) is 55.0 Å². The first kappa shape index (κ1) is 17.7. The molecule has 1 aromatic carbocycles. The van der Waals surface area contributed by atoms with Gasteiger partial charge in [0.2, 0.25) is 5.95 Å². The highest BCUT2D eigenvalue weighted by molar-refractivity contribution is 5.96. The molecule has 0 saturated carbocycles. The molecule has 0 aliphatic rings. The number of aryl methyl sites for hydroxylation is 1. The molecule has 4 aromatic rings. The summed E-state index contributed by atoms with van der Waals surface area (Å²) in [6.45, 7) is 3.15. The predicted octanol–water partition coefficient (Wildman–Crippen LogP) is 2.19. The number of benzene rings is 1. The van der Waals surface area contributed by atoms with E-state index in [1.54, 1.807) is 16.8 Å². The maximum atomic E-state index is 12.4. The van der Waals surface area contributed by atoms with Crippen LogP contribution < -0.4 is 11.1 Å². The maximum Gasteiger partial charge on any atom is 0.252 e. The number of nitrogens with zero attached hydrogens (tertiary/aromatic N) is 5. The summed E-state index contributed by atoms with van der Waals surface area (Å²) in [6.07, 6.45) is 6.02. The highest BCUT2D eigenvalue weighted by Crippen LogP contribution is 2.16. The van der Waals surface area contributed by atoms with Gasteiger partial charge in [-0.1, -0.05) is 18.2 Å². The van der Waals surface area contributed by atoms with Crippen molar-refractivity contribution in [3.05, 3.63) is 66.1 Å². The quantitative estimate of drug-likeness (QED) is 0.538. The van der Waals surface area contributed by atoms with Gasteiger partial charge in [-0.25, -0.2) is 14.6 Å². The van der Waals surface area contributed by atoms with Crippen LogP contribution in [0.5, 0.6) is 0 Å². The molecule has 0 spiro atoms. The van der Waals surface area contributed by atoms with Crippen LogP contribution >= 0.6 is 0 Å². The van der Waals surface area contributed by atoms with Crippen molar-refractivity contribution in [2.75, 3.05) is 12.3 Å². The number of imidazole rings is 1. The van der Waals surface area contributed by atoms with Gasteiger partial charge in [0.05, 0.1) is 17.4 Å². The lowest BCUT2D eigenvalue weighted by molar-refractivity contribution is 0.0954. The molecular formula is C20H21N7O. The Morgan fingerprint density at radius 1 is 1.21 bits per heavy atom. The van der Waals surface area contributed by atoms with Crippen LogP contribution in [0.4, 0.5) is 5.95 Å². The number of pyridine rings is 1. The fraction of sp³-hybridized carbons (Fsp3) is 0.200. The van der Waals surface area contributed by atoms with Crippen LogP contribution in [0.25, 0.3) is 16.9 Å². The molecule has 28 heavy (non-hydrogen) atoms. The fourth-order valence-corrected chi connectivity index (χ4v) is 3.10. The average Bonchev–Trinajstić information content (AvgIpc) is 3.31. The summed E-state index contributed by atoms with van der Waals surface area (Å²) in [5, 5.41) is 7.28. The minimum atomic E-state index is -0.186. The Balaban J connectivity index is 1.38. The number of nitrogens with one attached hydrogen (secondary N) is 1. The number of amides is 1. The topological polar surface area (TPSA) is 104 Å². The predicted molar refractivity (Wildman–Crippen MR) is 107 cm³/mol. The zero-order chi connectivity index (χ0) is 19.5. The highest BCUT2D eigenvalue weighted by Gasteiger charge is 2.12. The summed E-state index contributed by atoms with van der Waals surface area (Å²) in [7, 11) is 0. The summed E-state index contributed by atoms with van der Waals surface area (Å²) in [5.74, 6) is 0.215. The number of para-hydroxylation sites is 1. The maximum absolute atomic E-state index is 12.4. The number of aromatic nitrogens is 5. The van der Waals surface area contributed by atoms with E-state index >= 15 is 0 Å². The summed E-state index contributed by atoms with van der Waals surface area (Å²) < 4.78 is 3.63. The highest BCUT2D eigenvalue weighted by atomic mass is 16.1. The number of carbonyl (C=O) groups excluding carboxylic acids is 1. The first-order chi connectivity index (χ1) is 13.7. The first-order valence-corrected chi connectivity index (χ1v) is 9.14. The number of carbonyl (C=O) groups is 1. The Morgan fingerprint density at radius 2 is 2.04 bits per heavy atom. The molecule has 1 amide bonds. The molecule has 0 fully saturated rings. The number of hydrogen-bond donors (Lipinski definition) is 2. The van der Waals surface area contributed by atoms with E-state index in [0.29, 0.717) is 42.2 Å². The molecular weight excluding hydrogens is 354 g/mol. The molecule has 0 atom stereocenters. The van der Waals surface area contributed by atoms with E-state index in [1.807, 2.05) is 54.3 Å². The van der Waals surface area contributed by atoms with Crippen LogP contribution in [-0.2, 0) is 13.0 Å². The van der Waals surface area contributed by atoms with Gasteiger partial charge in [0.1, 0.15) is 5.52 Å². The van der Waals surface area contributed by atoms with Crippen molar-refractivity contribution in [2.45, 2.75) is 19.9 Å². The van der Waals surface area contributed by atoms with Gasteiger partial charge < -0.3 is 11.1 Å². The third-order valence-corrected chi connectivity index (χ3v) is 4.55. The van der Waals surface area contributed by atoms with Gasteiger partial charge >= 0.3 is 0 Å². The second-order valence-corrected chi connectivity index (χ2v) is 6.42. The second-order valence-electron chi connectivity index (χ2n) is 6.42. The Kier molecular flexibility index (Phi) is 4.76. The van der Waals surface area contributed by atoms with E-state index in [4.69, 9.17) is 5.73 Å². The van der Waals surface area contributed by atoms with Crippen molar-refractivity contribution < 1.29 is 4.79 Å². The molecule has 3 N–H and O–H groups in total. The second kappa shape index (κ2) is 7.51. The molecule has 3 aromatic heterocycles. The molecule has 4 rings (SSSR count). The Labute approximate surface area is 162 Å². The van der Waals surface area contributed by atoms with E-state index in [0.717, 1.165) is 11.3 Å². The monoisotopic (exact) mass is 375 g/mol. The summed E-state index contributed by atoms with van der Waals surface area (Å²) in [6, 6.07) is 11.6. The lowest BCUT2D eigenvalue weighted by Gasteiger charge is -2.05. The molecule has 8 nitrogen and oxygen atoms in total. The van der Waals surface area contributed by atoms with Crippen molar-refractivity contribution in [3.8, 4) is 5.69 Å². The summed E-state index contributed by atoms with van der Waals surface area (Å²) in [4.78, 5) is 21.0. The molecule has 8 heteroatoms. The van der Waals surface area contributed by atoms with Gasteiger partial charge in [-0.15, -0.1) is 0 Å². The number of nitrogens with two attached hydrogens (primary N) is 1. The van der Waals surface area contributed by atoms with Gasteiger partial charge in [0, 0.05) is 25.5 Å². The van der Waals surface area contributed by atoms with Crippen molar-refractivity contribution in [2.24, 2.45) is 0 Å². The largest absolute Gasteiger partial charge is 0.369 e. The van der Waals surface area contributed by atoms with Crippen molar-refractivity contribution in [1.82, 2.24) is 29.6 Å². The number of fused-ring (bicyclic) bond motifs is 1. The molecule has 0 aliphatic carbocycles. The third-order valence-electron chi connectivity index (χ3n) is 4.55. The van der Waals surface area contributed by atoms with E-state index in [1.165, 1.54) is 0 Å². The number of anilines is 1. The van der Waals surface area contributed by atoms with Crippen molar-refractivity contribution in [1.29, 1.82) is 0 Å². The average molecular weight is 375 g/mol. The smallest absolute Gasteiger partial charge is 0.252 e. The number of nitrogen functional groups attached to an aromatic ring is 1. The van der Waals surface area contributed by atoms with Crippen LogP contribution in [-0.4, -0.2) is 36.8 Å². The molecule has 0 radical (unpaired) electrons. The zero-order valence-corrected chi connectivity index (χ0v) is 15.5. The van der Waals surface area contributed by atoms with E-state index in [9.17, 15) is 4.79 Å². The summed E-state index contributed by atoms with van der Waals surface area (Å²) in [5.41, 5.74) is 9.71. The lowest BCUT2D eigenvalue weighted by Crippen LogP contribution is -2.25. The Morgan fingerprint density at radius 3 is 2.82 bits per heavy atom. The Bertz CT molecular complexity index is 1110. The van der Waals surface area contributed by atoms with Crippen LogP contribution in [0.3, 0.4) is 0 Å². The van der Waals surface area contributed by atoms with Gasteiger partial charge in [-0.2, -0.15) is 5.10 Å². The Hall–Kier alpha value is -3.68. The standard InChI is InChI=1S/C20H21N7O/c1-2-26-18-17(25-20(26)21)10-15(12-23-18)19(28)22-9-8-14-11-24-27(13-14)16-6-4-3-5-7-16/h3-7,10-13H,2,8-9H2,1H3,(H2,21,25)(H,22,28). The minimum absolute atomic E-state index is 0.186. The van der Waals surface area contributed by atoms with Gasteiger partial charge in [-0.3, -0.25) is 9.36 Å². The number of hydrogen-bond acceptors (Lipinski definition) is 5. The fourth-order valence-electron chi connectivity index (χ4n) is 3.10. The molecule has 0 aliphatic heterocycles. The van der Waals surface area contributed by atoms with Crippen molar-refractivity contribution in [3.63, 3.8) is 0 Å². The SMILES string of the molecule is CCn1c(N)nc2cc(C(=O)NCCc3cnn(-c4ccccc4)c3)cnc21. The minimum Gasteiger partial charge on any atom is -0.369 e. The molecule has 142 valence electrons. The van der Waals surface area contributed by atoms with Crippen LogP contribution in [0, 0.1) is 0 Å². The van der Waals surface area contributed by atoms with Gasteiger partial charge in [0.15, 0.2) is 5.65 Å². The lowest BCUT2D eigenvalue weighted by atomic mass is 10.2. The van der Waals surface area contributed by atoms with Gasteiger partial charge in [0.25, 0.3) is 5.91 Å². The molecule has 0 unspecified atom stereocenters. The molecule has 0 saturated heterocycles. The van der Waals surface area contributed by atoms with Crippen molar-refractivity contribution >= 4 is 23.0 Å². The van der Waals surface area contributed by atoms with E-state index in [2.05, 4.69) is 20.4 Å². The third kappa shape index (κ3) is 3.44. The zero-order valence-electron chi connectivity index (χ0n) is 15.5. The first-order valence-electron chi connectivity index (χ1n) is 9.14. The molecule has 3 heterocycles. The summed E-state index contributed by atoms with van der Waals surface area (Å²) >= 11 is 0. The van der Waals surface area contributed by atoms with Crippen LogP contribution in [0.2, 0.25) is 0 Å². The van der Waals surface area contributed by atoms with Gasteiger partial charge in [-0.05, 0) is 37.1 Å². The van der Waals surface area contributed by atoms with E-state index < -0.39 is 0 Å². The van der Waals surface area contributed by atoms with Crippen LogP contribution in [0.1, 0.15) is 22.8 Å². The number of rotatable bonds is 6. The molecule has 0 bridgehead atoms. The van der Waals surface area contributed by atoms with E-state index in [-0.39, 0.29) is 5.91 Å².